The maximum atomic E-state index is 12.0. The fourth-order valence-corrected chi connectivity index (χ4v) is 3.40. The molecule has 9 heteroatoms. The Bertz CT molecular complexity index is 900. The lowest BCUT2D eigenvalue weighted by molar-refractivity contribution is -0.151. The van der Waals surface area contributed by atoms with Gasteiger partial charge in [-0.3, -0.25) is 14.6 Å². The number of H-pyrrole nitrogens is 1. The van der Waals surface area contributed by atoms with Gasteiger partial charge >= 0.3 is 5.97 Å². The molecule has 0 unspecified atom stereocenters. The number of ether oxygens (including phenoxy) is 1. The lowest BCUT2D eigenvalue weighted by Gasteiger charge is -2.18. The highest BCUT2D eigenvalue weighted by molar-refractivity contribution is 5.71. The van der Waals surface area contributed by atoms with E-state index in [0.717, 1.165) is 0 Å². The number of hydrogen-bond acceptors (Lipinski definition) is 7. The van der Waals surface area contributed by atoms with E-state index in [1.54, 1.807) is 4.57 Å². The molecule has 1 aliphatic carbocycles. The summed E-state index contributed by atoms with van der Waals surface area (Å²) in [6.07, 6.45) is 1.75. The molecule has 3 rings (SSSR count). The number of aliphatic hydroxyl groups excluding tert-OH is 1. The number of esters is 1. The highest BCUT2D eigenvalue weighted by Gasteiger charge is 2.41. The third-order valence-corrected chi connectivity index (χ3v) is 4.65. The number of carbonyl (C=O) groups excluding carboxylic acids is 1. The van der Waals surface area contributed by atoms with E-state index in [1.165, 1.54) is 6.33 Å². The summed E-state index contributed by atoms with van der Waals surface area (Å²) in [7, 11) is 0. The second-order valence-electron chi connectivity index (χ2n) is 7.02. The first-order valence-corrected chi connectivity index (χ1v) is 8.53. The van der Waals surface area contributed by atoms with Gasteiger partial charge in [0.2, 0.25) is 5.95 Å². The lowest BCUT2D eigenvalue weighted by atomic mass is 10.0. The van der Waals surface area contributed by atoms with Crippen LogP contribution in [0.15, 0.2) is 23.3 Å². The number of carbonyl (C=O) groups is 1. The molecule has 0 saturated heterocycles. The van der Waals surface area contributed by atoms with Crippen LogP contribution in [0.5, 0.6) is 0 Å². The van der Waals surface area contributed by atoms with Crippen LogP contribution in [-0.4, -0.2) is 43.3 Å². The number of aromatic amines is 1. The van der Waals surface area contributed by atoms with Crippen LogP contribution in [0.2, 0.25) is 0 Å². The number of rotatable bonds is 5. The molecule has 1 aliphatic rings. The molecule has 0 aliphatic heterocycles. The predicted octanol–water partition coefficient (Wildman–Crippen LogP) is 0.769. The van der Waals surface area contributed by atoms with Gasteiger partial charge in [-0.2, -0.15) is 4.98 Å². The van der Waals surface area contributed by atoms with Crippen molar-refractivity contribution in [3.63, 3.8) is 0 Å². The monoisotopic (exact) mass is 361 g/mol. The summed E-state index contributed by atoms with van der Waals surface area (Å²) < 4.78 is 7.27. The number of aromatic nitrogens is 4. The number of nitrogens with one attached hydrogen (secondary N) is 1. The van der Waals surface area contributed by atoms with E-state index in [1.807, 2.05) is 13.8 Å². The van der Waals surface area contributed by atoms with Gasteiger partial charge in [-0.05, 0) is 11.5 Å². The molecule has 1 saturated carbocycles. The van der Waals surface area contributed by atoms with Crippen molar-refractivity contribution in [2.24, 2.45) is 11.8 Å². The Labute approximate surface area is 149 Å². The summed E-state index contributed by atoms with van der Waals surface area (Å²) in [4.78, 5) is 34.7. The summed E-state index contributed by atoms with van der Waals surface area (Å²) in [5.41, 5.74) is 6.43. The first kappa shape index (κ1) is 18.1. The molecular weight excluding hydrogens is 338 g/mol. The quantitative estimate of drug-likeness (QED) is 0.528. The zero-order valence-corrected chi connectivity index (χ0v) is 14.8. The number of nitrogens with zero attached hydrogens (tertiary/aromatic N) is 3. The van der Waals surface area contributed by atoms with Gasteiger partial charge in [-0.15, -0.1) is 0 Å². The molecule has 1 fully saturated rings. The molecule has 0 aromatic carbocycles. The van der Waals surface area contributed by atoms with Crippen molar-refractivity contribution in [2.75, 3.05) is 12.3 Å². The van der Waals surface area contributed by atoms with Crippen LogP contribution in [0.4, 0.5) is 5.95 Å². The topological polar surface area (TPSA) is 136 Å². The summed E-state index contributed by atoms with van der Waals surface area (Å²) in [5, 5.41) is 9.75. The molecule has 0 spiro atoms. The van der Waals surface area contributed by atoms with E-state index in [-0.39, 0.29) is 41.9 Å². The minimum atomic E-state index is -0.486. The minimum absolute atomic E-state index is 0.00789. The molecule has 0 bridgehead atoms. The molecule has 0 amide bonds. The van der Waals surface area contributed by atoms with Gasteiger partial charge in [0.25, 0.3) is 5.56 Å². The Morgan fingerprint density at radius 3 is 2.96 bits per heavy atom. The number of nitrogens with two attached hydrogens (primary N) is 1. The Morgan fingerprint density at radius 2 is 2.31 bits per heavy atom. The van der Waals surface area contributed by atoms with Crippen molar-refractivity contribution in [3.05, 3.63) is 28.8 Å². The maximum Gasteiger partial charge on any atom is 0.306 e. The standard InChI is InChI=1S/C17H23N5O4/c1-8(2)4-13(24)26-12-5-11(9(3)10(12)6-23)22-7-19-14-15(22)20-17(18)21-16(14)25/h7-8,10-12,23H,3-6H2,1-2H3,(H3,18,20,21,25)/t10-,11-,12-/m0/s1. The van der Waals surface area contributed by atoms with Crippen molar-refractivity contribution >= 4 is 23.1 Å². The zero-order valence-electron chi connectivity index (χ0n) is 14.8. The Hall–Kier alpha value is -2.68. The molecule has 3 atom stereocenters. The van der Waals surface area contributed by atoms with Crippen molar-refractivity contribution in [2.45, 2.75) is 38.8 Å². The number of aliphatic hydroxyl groups is 1. The summed E-state index contributed by atoms with van der Waals surface area (Å²) in [5.74, 6) is -0.502. The van der Waals surface area contributed by atoms with Crippen molar-refractivity contribution < 1.29 is 14.6 Å². The summed E-state index contributed by atoms with van der Waals surface area (Å²) in [6, 6.07) is -0.303. The number of imidazole rings is 1. The fourth-order valence-electron chi connectivity index (χ4n) is 3.40. The first-order chi connectivity index (χ1) is 12.3. The van der Waals surface area contributed by atoms with Crippen LogP contribution >= 0.6 is 0 Å². The second kappa shape index (κ2) is 6.91. The smallest absolute Gasteiger partial charge is 0.306 e. The molecule has 26 heavy (non-hydrogen) atoms. The van der Waals surface area contributed by atoms with E-state index >= 15 is 0 Å². The van der Waals surface area contributed by atoms with Gasteiger partial charge in [0.1, 0.15) is 6.10 Å². The highest BCUT2D eigenvalue weighted by atomic mass is 16.5. The van der Waals surface area contributed by atoms with Gasteiger partial charge in [0, 0.05) is 18.8 Å². The van der Waals surface area contributed by atoms with Gasteiger partial charge in [0.15, 0.2) is 11.2 Å². The van der Waals surface area contributed by atoms with Crippen molar-refractivity contribution in [1.29, 1.82) is 0 Å². The minimum Gasteiger partial charge on any atom is -0.462 e. The normalized spacial score (nSPS) is 23.1. The van der Waals surface area contributed by atoms with E-state index in [2.05, 4.69) is 21.5 Å². The van der Waals surface area contributed by atoms with E-state index in [9.17, 15) is 14.7 Å². The van der Waals surface area contributed by atoms with Crippen LogP contribution in [0, 0.1) is 11.8 Å². The van der Waals surface area contributed by atoms with Crippen LogP contribution in [-0.2, 0) is 9.53 Å². The van der Waals surface area contributed by atoms with E-state index < -0.39 is 11.7 Å². The van der Waals surface area contributed by atoms with Gasteiger partial charge in [-0.1, -0.05) is 20.4 Å². The fraction of sp³-hybridized carbons (Fsp3) is 0.529. The Kier molecular flexibility index (Phi) is 4.82. The average molecular weight is 361 g/mol. The van der Waals surface area contributed by atoms with E-state index in [4.69, 9.17) is 10.5 Å². The Morgan fingerprint density at radius 1 is 1.58 bits per heavy atom. The largest absolute Gasteiger partial charge is 0.462 e. The number of fused-ring (bicyclic) bond motifs is 1. The maximum absolute atomic E-state index is 12.0. The molecular formula is C17H23N5O4. The second-order valence-corrected chi connectivity index (χ2v) is 7.02. The number of hydrogen-bond donors (Lipinski definition) is 3. The molecule has 9 nitrogen and oxygen atoms in total. The van der Waals surface area contributed by atoms with Crippen molar-refractivity contribution in [1.82, 2.24) is 19.5 Å². The van der Waals surface area contributed by atoms with Crippen LogP contribution in [0.1, 0.15) is 32.7 Å². The van der Waals surface area contributed by atoms with Crippen LogP contribution < -0.4 is 11.3 Å². The first-order valence-electron chi connectivity index (χ1n) is 8.53. The summed E-state index contributed by atoms with van der Waals surface area (Å²) in [6.45, 7) is 7.76. The molecule has 2 aromatic heterocycles. The van der Waals surface area contributed by atoms with Crippen LogP contribution in [0.3, 0.4) is 0 Å². The highest BCUT2D eigenvalue weighted by Crippen LogP contribution is 2.41. The molecule has 4 N–H and O–H groups in total. The van der Waals surface area contributed by atoms with Crippen LogP contribution in [0.25, 0.3) is 11.2 Å². The average Bonchev–Trinajstić information content (AvgIpc) is 3.07. The SMILES string of the molecule is C=C1[C@H](CO)[C@@H](OC(=O)CC(C)C)C[C@@H]1n1cnc2c(=O)[nH]c(N)nc21. The third-order valence-electron chi connectivity index (χ3n) is 4.65. The molecule has 2 aromatic rings. The van der Waals surface area contributed by atoms with Gasteiger partial charge in [-0.25, -0.2) is 4.98 Å². The zero-order chi connectivity index (χ0) is 19.0. The lowest BCUT2D eigenvalue weighted by Crippen LogP contribution is -2.25. The Balaban J connectivity index is 1.91. The van der Waals surface area contributed by atoms with Gasteiger partial charge < -0.3 is 20.1 Å². The third kappa shape index (κ3) is 3.22. The molecule has 2 heterocycles. The van der Waals surface area contributed by atoms with Crippen molar-refractivity contribution in [3.8, 4) is 0 Å². The molecule has 0 radical (unpaired) electrons. The number of nitrogen functional groups attached to an aromatic ring is 1. The molecule has 140 valence electrons. The predicted molar refractivity (Wildman–Crippen MR) is 95.3 cm³/mol. The number of anilines is 1. The summed E-state index contributed by atoms with van der Waals surface area (Å²) >= 11 is 0. The van der Waals surface area contributed by atoms with Gasteiger partial charge in [0.05, 0.1) is 19.0 Å². The van der Waals surface area contributed by atoms with E-state index in [0.29, 0.717) is 24.1 Å².